The molecule has 0 saturated carbocycles. The number of hydrazone groups is 1. The van der Waals surface area contributed by atoms with Gasteiger partial charge in [-0.2, -0.15) is 5.10 Å². The Morgan fingerprint density at radius 2 is 1.96 bits per heavy atom. The molecule has 0 aliphatic rings. The second-order valence-electron chi connectivity index (χ2n) is 4.92. The summed E-state index contributed by atoms with van der Waals surface area (Å²) >= 11 is 11.5. The molecule has 2 aromatic rings. The smallest absolute Gasteiger partial charge is 0.288 e. The van der Waals surface area contributed by atoms with Crippen molar-refractivity contribution >= 4 is 41.0 Å². The molecule has 0 heterocycles. The summed E-state index contributed by atoms with van der Waals surface area (Å²) in [6.07, 6.45) is 0.480. The van der Waals surface area contributed by atoms with Crippen molar-refractivity contribution in [2.24, 2.45) is 5.10 Å². The van der Waals surface area contributed by atoms with Crippen molar-refractivity contribution in [2.45, 2.75) is 13.0 Å². The van der Waals surface area contributed by atoms with Crippen LogP contribution in [0.25, 0.3) is 0 Å². The van der Waals surface area contributed by atoms with E-state index in [1.54, 1.807) is 37.3 Å². The molecule has 9 heteroatoms. The van der Waals surface area contributed by atoms with Gasteiger partial charge in [-0.25, -0.2) is 5.43 Å². The number of carbonyl (C=O) groups excluding carboxylic acids is 1. The maximum atomic E-state index is 11.9. The Hall–Kier alpha value is -2.64. The van der Waals surface area contributed by atoms with E-state index in [9.17, 15) is 14.9 Å². The molecule has 0 bridgehead atoms. The number of carbonyl (C=O) groups is 1. The number of amides is 1. The Bertz CT molecular complexity index is 810. The molecule has 0 spiro atoms. The Labute approximate surface area is 153 Å². The number of rotatable bonds is 6. The summed E-state index contributed by atoms with van der Waals surface area (Å²) in [5.41, 5.74) is 2.48. The van der Waals surface area contributed by atoms with Crippen LogP contribution in [0.2, 0.25) is 10.0 Å². The summed E-state index contributed by atoms with van der Waals surface area (Å²) < 4.78 is 5.45. The predicted octanol–water partition coefficient (Wildman–Crippen LogP) is 3.82. The maximum Gasteiger partial charge on any atom is 0.288 e. The van der Waals surface area contributed by atoms with E-state index in [1.165, 1.54) is 18.3 Å². The van der Waals surface area contributed by atoms with Crippen LogP contribution in [0.4, 0.5) is 5.69 Å². The zero-order valence-electron chi connectivity index (χ0n) is 13.0. The average molecular weight is 382 g/mol. The van der Waals surface area contributed by atoms with Gasteiger partial charge >= 0.3 is 0 Å². The van der Waals surface area contributed by atoms with Gasteiger partial charge in [0.25, 0.3) is 11.6 Å². The van der Waals surface area contributed by atoms with Crippen LogP contribution >= 0.6 is 23.2 Å². The lowest BCUT2D eigenvalue weighted by atomic mass is 10.2. The zero-order chi connectivity index (χ0) is 18.4. The van der Waals surface area contributed by atoms with Crippen LogP contribution in [0.5, 0.6) is 5.75 Å². The fraction of sp³-hybridized carbons (Fsp3) is 0.125. The molecule has 0 radical (unpaired) electrons. The van der Waals surface area contributed by atoms with Crippen molar-refractivity contribution in [3.63, 3.8) is 0 Å². The molecule has 0 fully saturated rings. The highest BCUT2D eigenvalue weighted by atomic mass is 35.5. The van der Waals surface area contributed by atoms with E-state index in [1.807, 2.05) is 0 Å². The van der Waals surface area contributed by atoms with E-state index in [2.05, 4.69) is 10.5 Å². The fourth-order valence-electron chi connectivity index (χ4n) is 1.78. The van der Waals surface area contributed by atoms with Crippen LogP contribution in [0.1, 0.15) is 12.5 Å². The Kier molecular flexibility index (Phi) is 6.32. The van der Waals surface area contributed by atoms with Crippen molar-refractivity contribution in [3.05, 3.63) is 68.2 Å². The number of nitrogens with zero attached hydrogens (tertiary/aromatic N) is 2. The Morgan fingerprint density at radius 3 is 2.60 bits per heavy atom. The van der Waals surface area contributed by atoms with E-state index in [0.717, 1.165) is 0 Å². The van der Waals surface area contributed by atoms with Gasteiger partial charge in [0.15, 0.2) is 6.10 Å². The molecule has 2 rings (SSSR count). The van der Waals surface area contributed by atoms with Crippen molar-refractivity contribution in [3.8, 4) is 5.75 Å². The minimum absolute atomic E-state index is 0.0242. The number of nitro benzene ring substituents is 1. The van der Waals surface area contributed by atoms with Crippen molar-refractivity contribution in [2.75, 3.05) is 0 Å². The molecule has 1 atom stereocenters. The minimum Gasteiger partial charge on any atom is -0.481 e. The number of halogens is 2. The summed E-state index contributed by atoms with van der Waals surface area (Å²) in [5, 5.41) is 15.2. The molecule has 1 N–H and O–H groups in total. The van der Waals surface area contributed by atoms with Crippen molar-refractivity contribution in [1.29, 1.82) is 0 Å². The Morgan fingerprint density at radius 1 is 1.28 bits per heavy atom. The molecule has 0 aliphatic carbocycles. The van der Waals surface area contributed by atoms with Gasteiger partial charge < -0.3 is 4.74 Å². The number of hydrogen-bond acceptors (Lipinski definition) is 5. The SMILES string of the molecule is C[C@@H](Oc1ccc(Cl)cc1)C(=O)NN=Cc1ccc(Cl)c([N+](=O)[O-])c1. The molecule has 0 unspecified atom stereocenters. The quantitative estimate of drug-likeness (QED) is 0.467. The number of nitro groups is 1. The van der Waals surface area contributed by atoms with E-state index < -0.39 is 16.9 Å². The summed E-state index contributed by atoms with van der Waals surface area (Å²) in [6, 6.07) is 10.8. The van der Waals surface area contributed by atoms with Gasteiger partial charge in [0.05, 0.1) is 11.1 Å². The highest BCUT2D eigenvalue weighted by Crippen LogP contribution is 2.24. The summed E-state index contributed by atoms with van der Waals surface area (Å²) in [4.78, 5) is 22.2. The van der Waals surface area contributed by atoms with E-state index in [0.29, 0.717) is 16.3 Å². The normalized spacial score (nSPS) is 12.0. The zero-order valence-corrected chi connectivity index (χ0v) is 14.5. The molecule has 25 heavy (non-hydrogen) atoms. The second-order valence-corrected chi connectivity index (χ2v) is 5.76. The molecular weight excluding hydrogens is 369 g/mol. The monoisotopic (exact) mass is 381 g/mol. The highest BCUT2D eigenvalue weighted by Gasteiger charge is 2.14. The van der Waals surface area contributed by atoms with Crippen LogP contribution < -0.4 is 10.2 Å². The van der Waals surface area contributed by atoms with Gasteiger partial charge in [-0.15, -0.1) is 0 Å². The first-order chi connectivity index (χ1) is 11.9. The third-order valence-corrected chi connectivity index (χ3v) is 3.62. The second kappa shape index (κ2) is 8.46. The van der Waals surface area contributed by atoms with Crippen LogP contribution in [-0.2, 0) is 4.79 Å². The van der Waals surface area contributed by atoms with Gasteiger partial charge in [0, 0.05) is 16.7 Å². The lowest BCUT2D eigenvalue weighted by Gasteiger charge is -2.12. The van der Waals surface area contributed by atoms with Gasteiger partial charge in [0.2, 0.25) is 0 Å². The van der Waals surface area contributed by atoms with E-state index in [4.69, 9.17) is 27.9 Å². The van der Waals surface area contributed by atoms with Gasteiger partial charge in [0.1, 0.15) is 10.8 Å². The van der Waals surface area contributed by atoms with E-state index in [-0.39, 0.29) is 10.7 Å². The summed E-state index contributed by atoms with van der Waals surface area (Å²) in [7, 11) is 0. The maximum absolute atomic E-state index is 11.9. The first-order valence-corrected chi connectivity index (χ1v) is 7.81. The molecule has 0 aliphatic heterocycles. The van der Waals surface area contributed by atoms with Crippen LogP contribution in [0.15, 0.2) is 47.6 Å². The molecule has 0 saturated heterocycles. The highest BCUT2D eigenvalue weighted by molar-refractivity contribution is 6.32. The molecular formula is C16H13Cl2N3O4. The van der Waals surface area contributed by atoms with Crippen LogP contribution in [0, 0.1) is 10.1 Å². The van der Waals surface area contributed by atoms with Gasteiger partial charge in [-0.05, 0) is 37.3 Å². The third kappa shape index (κ3) is 5.44. The first-order valence-electron chi connectivity index (χ1n) is 7.06. The van der Waals surface area contributed by atoms with Crippen molar-refractivity contribution < 1.29 is 14.5 Å². The minimum atomic E-state index is -0.794. The van der Waals surface area contributed by atoms with Gasteiger partial charge in [-0.1, -0.05) is 29.3 Å². The van der Waals surface area contributed by atoms with E-state index >= 15 is 0 Å². The Balaban J connectivity index is 1.94. The molecule has 130 valence electrons. The summed E-state index contributed by atoms with van der Waals surface area (Å²) in [6.45, 7) is 1.56. The van der Waals surface area contributed by atoms with Crippen LogP contribution in [-0.4, -0.2) is 23.1 Å². The number of hydrogen-bond donors (Lipinski definition) is 1. The predicted molar refractivity (Wildman–Crippen MR) is 95.4 cm³/mol. The van der Waals surface area contributed by atoms with Crippen LogP contribution in [0.3, 0.4) is 0 Å². The number of benzene rings is 2. The van der Waals surface area contributed by atoms with Gasteiger partial charge in [-0.3, -0.25) is 14.9 Å². The topological polar surface area (TPSA) is 93.8 Å². The molecule has 7 nitrogen and oxygen atoms in total. The molecule has 0 aromatic heterocycles. The van der Waals surface area contributed by atoms with Crippen molar-refractivity contribution in [1.82, 2.24) is 5.43 Å². The number of nitrogens with one attached hydrogen (secondary N) is 1. The fourth-order valence-corrected chi connectivity index (χ4v) is 2.09. The largest absolute Gasteiger partial charge is 0.481 e. The number of ether oxygens (including phenoxy) is 1. The first kappa shape index (κ1) is 18.7. The molecule has 1 amide bonds. The summed E-state index contributed by atoms with van der Waals surface area (Å²) in [5.74, 6) is 0.0130. The standard InChI is InChI=1S/C16H13Cl2N3O4/c1-10(25-13-5-3-12(17)4-6-13)16(22)20-19-9-11-2-7-14(18)15(8-11)21(23)24/h2-10H,1H3,(H,20,22)/t10-/m1/s1. The lowest BCUT2D eigenvalue weighted by molar-refractivity contribution is -0.384. The lowest BCUT2D eigenvalue weighted by Crippen LogP contribution is -2.33. The third-order valence-electron chi connectivity index (χ3n) is 3.05. The molecule has 2 aromatic carbocycles. The average Bonchev–Trinajstić information content (AvgIpc) is 2.58.